The average Bonchev–Trinajstić information content (AvgIpc) is 2.91. The van der Waals surface area contributed by atoms with Gasteiger partial charge in [-0.3, -0.25) is 4.79 Å². The minimum atomic E-state index is -2.36. The maximum absolute atomic E-state index is 14.9. The second-order valence-electron chi connectivity index (χ2n) is 9.81. The van der Waals surface area contributed by atoms with E-state index in [1.54, 1.807) is 6.92 Å². The molecule has 0 bridgehead atoms. The van der Waals surface area contributed by atoms with Crippen molar-refractivity contribution in [2.75, 3.05) is 0 Å². The first-order valence-corrected chi connectivity index (χ1v) is 13.0. The number of ether oxygens (including phenoxy) is 1. The predicted molar refractivity (Wildman–Crippen MR) is 125 cm³/mol. The first-order chi connectivity index (χ1) is 18.0. The Kier molecular flexibility index (Phi) is 10.2. The van der Waals surface area contributed by atoms with Crippen LogP contribution >= 0.6 is 0 Å². The molecule has 2 nitrogen and oxygen atoms in total. The van der Waals surface area contributed by atoms with E-state index >= 15 is 0 Å². The van der Waals surface area contributed by atoms with Crippen molar-refractivity contribution >= 4 is 5.97 Å². The topological polar surface area (TPSA) is 26.3 Å². The maximum atomic E-state index is 14.9. The highest BCUT2D eigenvalue weighted by atomic mass is 19.2. The van der Waals surface area contributed by atoms with Gasteiger partial charge in [0.1, 0.15) is 0 Å². The number of rotatable bonds is 10. The van der Waals surface area contributed by atoms with Crippen LogP contribution in [-0.4, -0.2) is 5.97 Å². The standard InChI is InChI=1S/C28H30F8O2/c1-3-5-7-8-14-10-12-15(13-11-14)28(37)38-27-25(35)23(33)18(24(34)26(27)36)17-21(31)19(29)16(9-6-4-2)20(30)22(17)32/h14-15H,3-13H2,1-2H3/t14-,15-. The Hall–Kier alpha value is -2.65. The van der Waals surface area contributed by atoms with Gasteiger partial charge in [0.05, 0.1) is 17.0 Å². The molecule has 2 aromatic carbocycles. The van der Waals surface area contributed by atoms with Crippen LogP contribution in [0.4, 0.5) is 35.1 Å². The van der Waals surface area contributed by atoms with Crippen molar-refractivity contribution in [2.24, 2.45) is 11.8 Å². The molecule has 0 aliphatic heterocycles. The van der Waals surface area contributed by atoms with Crippen LogP contribution in [-0.2, 0) is 11.2 Å². The Morgan fingerprint density at radius 1 is 0.658 bits per heavy atom. The van der Waals surface area contributed by atoms with Gasteiger partial charge in [-0.1, -0.05) is 46.0 Å². The quantitative estimate of drug-likeness (QED) is 0.0970. The second-order valence-corrected chi connectivity index (χ2v) is 9.81. The van der Waals surface area contributed by atoms with Crippen LogP contribution in [0.1, 0.15) is 83.6 Å². The molecule has 210 valence electrons. The zero-order chi connectivity index (χ0) is 28.1. The monoisotopic (exact) mass is 550 g/mol. The van der Waals surface area contributed by atoms with E-state index in [1.807, 2.05) is 0 Å². The summed E-state index contributed by atoms with van der Waals surface area (Å²) in [5, 5.41) is 0. The molecule has 1 saturated carbocycles. The molecule has 2 aromatic rings. The highest BCUT2D eigenvalue weighted by Gasteiger charge is 2.36. The van der Waals surface area contributed by atoms with Crippen molar-refractivity contribution in [3.63, 3.8) is 0 Å². The predicted octanol–water partition coefficient (Wildman–Crippen LogP) is 9.10. The third-order valence-electron chi connectivity index (χ3n) is 7.21. The van der Waals surface area contributed by atoms with Crippen LogP contribution in [0.15, 0.2) is 0 Å². The third-order valence-corrected chi connectivity index (χ3v) is 7.21. The first-order valence-electron chi connectivity index (χ1n) is 13.0. The van der Waals surface area contributed by atoms with Crippen LogP contribution in [0.5, 0.6) is 5.75 Å². The Morgan fingerprint density at radius 3 is 1.61 bits per heavy atom. The van der Waals surface area contributed by atoms with Gasteiger partial charge in [-0.2, -0.15) is 8.78 Å². The fourth-order valence-electron chi connectivity index (χ4n) is 4.94. The Balaban J connectivity index is 1.90. The first kappa shape index (κ1) is 29.9. The van der Waals surface area contributed by atoms with Crippen molar-refractivity contribution in [3.05, 3.63) is 52.1 Å². The number of hydrogen-bond acceptors (Lipinski definition) is 2. The Bertz CT molecular complexity index is 1110. The van der Waals surface area contributed by atoms with E-state index in [9.17, 15) is 39.9 Å². The van der Waals surface area contributed by atoms with Crippen LogP contribution in [0.2, 0.25) is 0 Å². The van der Waals surface area contributed by atoms with Gasteiger partial charge in [0.25, 0.3) is 0 Å². The van der Waals surface area contributed by atoms with E-state index in [1.165, 1.54) is 0 Å². The van der Waals surface area contributed by atoms with Gasteiger partial charge in [-0.25, -0.2) is 26.3 Å². The number of carbonyl (C=O) groups excluding carboxylic acids is 1. The van der Waals surface area contributed by atoms with Gasteiger partial charge in [-0.05, 0) is 44.4 Å². The fraction of sp³-hybridized carbons (Fsp3) is 0.536. The van der Waals surface area contributed by atoms with Crippen LogP contribution in [0.3, 0.4) is 0 Å². The zero-order valence-corrected chi connectivity index (χ0v) is 21.3. The van der Waals surface area contributed by atoms with Gasteiger partial charge < -0.3 is 4.74 Å². The van der Waals surface area contributed by atoms with Crippen molar-refractivity contribution in [1.82, 2.24) is 0 Å². The van der Waals surface area contributed by atoms with E-state index in [0.717, 1.165) is 25.7 Å². The van der Waals surface area contributed by atoms with Gasteiger partial charge in [-0.15, -0.1) is 0 Å². The molecule has 0 spiro atoms. The molecule has 0 saturated heterocycles. The summed E-state index contributed by atoms with van der Waals surface area (Å²) in [7, 11) is 0. The molecule has 0 N–H and O–H groups in total. The number of benzene rings is 2. The van der Waals surface area contributed by atoms with Crippen molar-refractivity contribution in [1.29, 1.82) is 0 Å². The molecule has 0 amide bonds. The van der Waals surface area contributed by atoms with Gasteiger partial charge in [0, 0.05) is 5.56 Å². The third kappa shape index (κ3) is 5.99. The number of halogens is 8. The highest BCUT2D eigenvalue weighted by Crippen LogP contribution is 2.41. The van der Waals surface area contributed by atoms with E-state index in [2.05, 4.69) is 11.7 Å². The molecule has 0 aromatic heterocycles. The largest absolute Gasteiger partial charge is 0.420 e. The summed E-state index contributed by atoms with van der Waals surface area (Å²) in [5.74, 6) is -20.7. The summed E-state index contributed by atoms with van der Waals surface area (Å²) in [5.41, 5.74) is -4.91. The SMILES string of the molecule is CCCCC[C@H]1CC[C@H](C(=O)Oc2c(F)c(F)c(-c3c(F)c(F)c(CCCC)c(F)c3F)c(F)c2F)CC1. The summed E-state index contributed by atoms with van der Waals surface area (Å²) >= 11 is 0. The number of esters is 1. The van der Waals surface area contributed by atoms with E-state index < -0.39 is 87.3 Å². The minimum Gasteiger partial charge on any atom is -0.420 e. The lowest BCUT2D eigenvalue weighted by molar-refractivity contribution is -0.140. The maximum Gasteiger partial charge on any atom is 0.314 e. The summed E-state index contributed by atoms with van der Waals surface area (Å²) in [6, 6.07) is 0. The van der Waals surface area contributed by atoms with Gasteiger partial charge >= 0.3 is 5.97 Å². The second kappa shape index (κ2) is 12.9. The summed E-state index contributed by atoms with van der Waals surface area (Å²) in [6.07, 6.45) is 6.44. The molecule has 1 fully saturated rings. The molecule has 1 aliphatic carbocycles. The van der Waals surface area contributed by atoms with E-state index in [-0.39, 0.29) is 6.42 Å². The van der Waals surface area contributed by atoms with E-state index in [4.69, 9.17) is 0 Å². The molecular weight excluding hydrogens is 520 g/mol. The van der Waals surface area contributed by atoms with Gasteiger partial charge in [0.15, 0.2) is 34.9 Å². The van der Waals surface area contributed by atoms with Crippen LogP contribution in [0.25, 0.3) is 11.1 Å². The lowest BCUT2D eigenvalue weighted by Gasteiger charge is -2.27. The molecule has 3 rings (SSSR count). The number of unbranched alkanes of at least 4 members (excludes halogenated alkanes) is 3. The molecule has 38 heavy (non-hydrogen) atoms. The molecule has 10 heteroatoms. The molecular formula is C28H30F8O2. The van der Waals surface area contributed by atoms with Crippen molar-refractivity contribution in [3.8, 4) is 16.9 Å². The highest BCUT2D eigenvalue weighted by molar-refractivity contribution is 5.76. The zero-order valence-electron chi connectivity index (χ0n) is 21.3. The van der Waals surface area contributed by atoms with Gasteiger partial charge in [0.2, 0.25) is 17.4 Å². The normalized spacial score (nSPS) is 17.6. The molecule has 0 unspecified atom stereocenters. The lowest BCUT2D eigenvalue weighted by Crippen LogP contribution is -2.26. The minimum absolute atomic E-state index is 0.151. The smallest absolute Gasteiger partial charge is 0.314 e. The lowest BCUT2D eigenvalue weighted by atomic mass is 9.80. The Morgan fingerprint density at radius 2 is 1.13 bits per heavy atom. The van der Waals surface area contributed by atoms with Crippen LogP contribution in [0, 0.1) is 58.4 Å². The number of carbonyl (C=O) groups is 1. The number of hydrogen-bond donors (Lipinski definition) is 0. The van der Waals surface area contributed by atoms with E-state index in [0.29, 0.717) is 38.0 Å². The fourth-order valence-corrected chi connectivity index (χ4v) is 4.94. The summed E-state index contributed by atoms with van der Waals surface area (Å²) < 4.78 is 122. The molecule has 0 radical (unpaired) electrons. The molecule has 0 atom stereocenters. The Labute approximate surface area is 216 Å². The molecule has 1 aliphatic rings. The van der Waals surface area contributed by atoms with Crippen LogP contribution < -0.4 is 4.74 Å². The molecule has 0 heterocycles. The van der Waals surface area contributed by atoms with Crippen molar-refractivity contribution in [2.45, 2.75) is 84.5 Å². The van der Waals surface area contributed by atoms with Crippen molar-refractivity contribution < 1.29 is 44.7 Å². The summed E-state index contributed by atoms with van der Waals surface area (Å²) in [4.78, 5) is 12.5. The summed E-state index contributed by atoms with van der Waals surface area (Å²) in [6.45, 7) is 3.73. The average molecular weight is 551 g/mol.